The molecule has 0 amide bonds. The molecule has 0 radical (unpaired) electrons. The lowest BCUT2D eigenvalue weighted by Crippen LogP contribution is -2.05. The third-order valence-electron chi connectivity index (χ3n) is 2.48. The minimum Gasteiger partial charge on any atom is -0.370 e. The van der Waals surface area contributed by atoms with Crippen LogP contribution in [0.5, 0.6) is 0 Å². The molecule has 1 aromatic rings. The predicted molar refractivity (Wildman–Crippen MR) is 63.0 cm³/mol. The molecule has 0 aliphatic heterocycles. The number of alkyl halides is 1. The van der Waals surface area contributed by atoms with Gasteiger partial charge in [-0.2, -0.15) is 0 Å². The Morgan fingerprint density at radius 2 is 2.21 bits per heavy atom. The highest BCUT2D eigenvalue weighted by molar-refractivity contribution is 9.09. The first-order valence-electron chi connectivity index (χ1n) is 5.06. The van der Waals surface area contributed by atoms with Crippen LogP contribution in [0.25, 0.3) is 0 Å². The van der Waals surface area contributed by atoms with Crippen LogP contribution in [-0.2, 0) is 4.32 Å². The summed E-state index contributed by atoms with van der Waals surface area (Å²) in [4.78, 5) is 4.60. The molecule has 2 nitrogen and oxygen atoms in total. The van der Waals surface area contributed by atoms with Crippen LogP contribution in [0.1, 0.15) is 31.0 Å². The summed E-state index contributed by atoms with van der Waals surface area (Å²) >= 11 is 3.73. The van der Waals surface area contributed by atoms with E-state index >= 15 is 0 Å². The summed E-state index contributed by atoms with van der Waals surface area (Å²) in [5, 5.41) is 3.26. The largest absolute Gasteiger partial charge is 0.370 e. The van der Waals surface area contributed by atoms with E-state index in [4.69, 9.17) is 0 Å². The number of nitrogens with one attached hydrogen (secondary N) is 1. The summed E-state index contributed by atoms with van der Waals surface area (Å²) in [6, 6.07) is 4.26. The molecule has 1 N–H and O–H groups in total. The lowest BCUT2D eigenvalue weighted by Gasteiger charge is -2.10. The number of hydrogen-bond donors (Lipinski definition) is 1. The molecule has 2 rings (SSSR count). The standard InChI is InChI=1S/C11H15BrN2/c1-3-13-10-7-8(2)6-9(14-10)11(12)4-5-11/h6-7H,3-5H2,1-2H3,(H,13,14). The van der Waals surface area contributed by atoms with Gasteiger partial charge in [-0.05, 0) is 44.4 Å². The number of hydrogen-bond acceptors (Lipinski definition) is 2. The maximum absolute atomic E-state index is 4.60. The number of aryl methyl sites for hydroxylation is 1. The molecular weight excluding hydrogens is 240 g/mol. The van der Waals surface area contributed by atoms with E-state index in [-0.39, 0.29) is 4.32 Å². The van der Waals surface area contributed by atoms with Gasteiger partial charge in [0, 0.05) is 6.54 Å². The number of halogens is 1. The van der Waals surface area contributed by atoms with Crippen LogP contribution >= 0.6 is 15.9 Å². The summed E-state index contributed by atoms with van der Waals surface area (Å²) < 4.78 is 0.184. The zero-order chi connectivity index (χ0) is 10.2. The summed E-state index contributed by atoms with van der Waals surface area (Å²) in [7, 11) is 0. The lowest BCUT2D eigenvalue weighted by atomic mass is 10.2. The van der Waals surface area contributed by atoms with Crippen LogP contribution in [0.2, 0.25) is 0 Å². The van der Waals surface area contributed by atoms with Crippen LogP contribution in [0.3, 0.4) is 0 Å². The zero-order valence-electron chi connectivity index (χ0n) is 8.60. The molecule has 1 aliphatic rings. The van der Waals surface area contributed by atoms with Gasteiger partial charge in [-0.1, -0.05) is 15.9 Å². The van der Waals surface area contributed by atoms with E-state index in [0.717, 1.165) is 12.4 Å². The fourth-order valence-corrected chi connectivity index (χ4v) is 1.94. The second kappa shape index (κ2) is 3.54. The van der Waals surface area contributed by atoms with E-state index < -0.39 is 0 Å². The Morgan fingerprint density at radius 3 is 2.79 bits per heavy atom. The molecule has 1 aliphatic carbocycles. The molecule has 1 fully saturated rings. The van der Waals surface area contributed by atoms with E-state index in [9.17, 15) is 0 Å². The molecule has 0 unspecified atom stereocenters. The highest BCUT2D eigenvalue weighted by atomic mass is 79.9. The van der Waals surface area contributed by atoms with Crippen molar-refractivity contribution in [2.24, 2.45) is 0 Å². The SMILES string of the molecule is CCNc1cc(C)cc(C2(Br)CC2)n1. The summed E-state index contributed by atoms with van der Waals surface area (Å²) in [5.74, 6) is 0.994. The van der Waals surface area contributed by atoms with Gasteiger partial charge in [0.25, 0.3) is 0 Å². The van der Waals surface area contributed by atoms with Crippen LogP contribution in [0.4, 0.5) is 5.82 Å². The summed E-state index contributed by atoms with van der Waals surface area (Å²) in [6.45, 7) is 5.13. The third-order valence-corrected chi connectivity index (χ3v) is 3.67. The highest BCUT2D eigenvalue weighted by Gasteiger charge is 2.43. The van der Waals surface area contributed by atoms with Crippen molar-refractivity contribution < 1.29 is 0 Å². The number of anilines is 1. The van der Waals surface area contributed by atoms with Crippen molar-refractivity contribution in [1.29, 1.82) is 0 Å². The molecule has 0 atom stereocenters. The van der Waals surface area contributed by atoms with Gasteiger partial charge < -0.3 is 5.32 Å². The Hall–Kier alpha value is -0.570. The van der Waals surface area contributed by atoms with Crippen LogP contribution in [0, 0.1) is 6.92 Å². The van der Waals surface area contributed by atoms with Gasteiger partial charge >= 0.3 is 0 Å². The normalized spacial score (nSPS) is 17.9. The summed E-state index contributed by atoms with van der Waals surface area (Å²) in [5.41, 5.74) is 2.45. The molecule has 0 saturated heterocycles. The van der Waals surface area contributed by atoms with Gasteiger partial charge in [0.05, 0.1) is 10.0 Å². The predicted octanol–water partition coefficient (Wildman–Crippen LogP) is 3.21. The van der Waals surface area contributed by atoms with Crippen molar-refractivity contribution >= 4 is 21.7 Å². The number of aromatic nitrogens is 1. The fraction of sp³-hybridized carbons (Fsp3) is 0.545. The molecule has 1 aromatic heterocycles. The minimum atomic E-state index is 0.184. The molecule has 76 valence electrons. The number of nitrogens with zero attached hydrogens (tertiary/aromatic N) is 1. The minimum absolute atomic E-state index is 0.184. The van der Waals surface area contributed by atoms with Crippen molar-refractivity contribution in [3.63, 3.8) is 0 Å². The second-order valence-electron chi connectivity index (χ2n) is 3.91. The molecule has 3 heteroatoms. The average Bonchev–Trinajstić information content (AvgIpc) is 2.85. The van der Waals surface area contributed by atoms with Crippen molar-refractivity contribution in [3.05, 3.63) is 23.4 Å². The zero-order valence-corrected chi connectivity index (χ0v) is 10.2. The molecule has 0 bridgehead atoms. The fourth-order valence-electron chi connectivity index (χ4n) is 1.53. The second-order valence-corrected chi connectivity index (χ2v) is 5.43. The van der Waals surface area contributed by atoms with Crippen LogP contribution in [0.15, 0.2) is 12.1 Å². The lowest BCUT2D eigenvalue weighted by molar-refractivity contribution is 0.960. The first kappa shape index (κ1) is 9.97. The van der Waals surface area contributed by atoms with Gasteiger partial charge in [-0.3, -0.25) is 0 Å². The van der Waals surface area contributed by atoms with Gasteiger partial charge in [-0.15, -0.1) is 0 Å². The molecular formula is C11H15BrN2. The highest BCUT2D eigenvalue weighted by Crippen LogP contribution is 2.53. The van der Waals surface area contributed by atoms with Crippen molar-refractivity contribution in [3.8, 4) is 0 Å². The van der Waals surface area contributed by atoms with Crippen LogP contribution in [-0.4, -0.2) is 11.5 Å². The van der Waals surface area contributed by atoms with E-state index in [0.29, 0.717) is 0 Å². The van der Waals surface area contributed by atoms with Crippen molar-refractivity contribution in [1.82, 2.24) is 4.98 Å². The molecule has 1 heterocycles. The number of rotatable bonds is 3. The first-order chi connectivity index (χ1) is 6.64. The Morgan fingerprint density at radius 1 is 1.50 bits per heavy atom. The van der Waals surface area contributed by atoms with Crippen LogP contribution < -0.4 is 5.32 Å². The van der Waals surface area contributed by atoms with Gasteiger partial charge in [0.2, 0.25) is 0 Å². The molecule has 1 saturated carbocycles. The van der Waals surface area contributed by atoms with E-state index in [2.05, 4.69) is 52.2 Å². The van der Waals surface area contributed by atoms with Gasteiger partial charge in [-0.25, -0.2) is 4.98 Å². The molecule has 0 spiro atoms. The number of pyridine rings is 1. The average molecular weight is 255 g/mol. The Labute approximate surface area is 93.3 Å². The van der Waals surface area contributed by atoms with E-state index in [1.54, 1.807) is 0 Å². The van der Waals surface area contributed by atoms with Gasteiger partial charge in [0.1, 0.15) is 5.82 Å². The first-order valence-corrected chi connectivity index (χ1v) is 5.85. The maximum Gasteiger partial charge on any atom is 0.126 e. The smallest absolute Gasteiger partial charge is 0.126 e. The Kier molecular flexibility index (Phi) is 2.52. The molecule has 14 heavy (non-hydrogen) atoms. The van der Waals surface area contributed by atoms with E-state index in [1.165, 1.54) is 24.1 Å². The topological polar surface area (TPSA) is 24.9 Å². The van der Waals surface area contributed by atoms with Gasteiger partial charge in [0.15, 0.2) is 0 Å². The van der Waals surface area contributed by atoms with Crippen molar-refractivity contribution in [2.45, 2.75) is 31.0 Å². The third kappa shape index (κ3) is 1.92. The van der Waals surface area contributed by atoms with E-state index in [1.807, 2.05) is 0 Å². The quantitative estimate of drug-likeness (QED) is 0.839. The summed E-state index contributed by atoms with van der Waals surface area (Å²) in [6.07, 6.45) is 2.41. The molecule has 0 aromatic carbocycles. The monoisotopic (exact) mass is 254 g/mol. The Bertz CT molecular complexity index is 345. The maximum atomic E-state index is 4.60. The van der Waals surface area contributed by atoms with Crippen molar-refractivity contribution in [2.75, 3.05) is 11.9 Å². The Balaban J connectivity index is 2.32.